The topological polar surface area (TPSA) is 26.0 Å². The van der Waals surface area contributed by atoms with Crippen molar-refractivity contribution >= 4 is 5.69 Å². The lowest BCUT2D eigenvalue weighted by Crippen LogP contribution is -2.34. The summed E-state index contributed by atoms with van der Waals surface area (Å²) in [6, 6.07) is 2.61. The average molecular weight is 267 g/mol. The molecule has 0 saturated carbocycles. The zero-order valence-electron chi connectivity index (χ0n) is 10.2. The Morgan fingerprint density at radius 3 is 1.83 bits per heavy atom. The van der Waals surface area contributed by atoms with Crippen molar-refractivity contribution in [1.29, 1.82) is 0 Å². The van der Waals surface area contributed by atoms with Gasteiger partial charge in [0.15, 0.2) is 0 Å². The molecule has 2 N–H and O–H groups in total. The van der Waals surface area contributed by atoms with Crippen LogP contribution in [0.1, 0.15) is 31.9 Å². The molecule has 0 aliphatic rings. The number of alkyl halides is 5. The third-order valence-electron chi connectivity index (χ3n) is 2.58. The van der Waals surface area contributed by atoms with E-state index in [1.807, 2.05) is 0 Å². The van der Waals surface area contributed by atoms with Crippen molar-refractivity contribution in [2.45, 2.75) is 38.3 Å². The van der Waals surface area contributed by atoms with Crippen molar-refractivity contribution in [1.82, 2.24) is 0 Å². The Hall–Kier alpha value is -1.33. The molecular formula is C12H14F5N. The Morgan fingerprint density at radius 2 is 1.44 bits per heavy atom. The fourth-order valence-corrected chi connectivity index (χ4v) is 1.56. The zero-order chi connectivity index (χ0) is 14.4. The van der Waals surface area contributed by atoms with Gasteiger partial charge in [0.2, 0.25) is 0 Å². The van der Waals surface area contributed by atoms with Crippen molar-refractivity contribution in [2.24, 2.45) is 0 Å². The molecule has 0 radical (unpaired) electrons. The van der Waals surface area contributed by atoms with Gasteiger partial charge in [-0.3, -0.25) is 0 Å². The smallest absolute Gasteiger partial charge is 0.398 e. The van der Waals surface area contributed by atoms with E-state index in [1.54, 1.807) is 20.8 Å². The van der Waals surface area contributed by atoms with Crippen LogP contribution in [0.5, 0.6) is 0 Å². The highest BCUT2D eigenvalue weighted by molar-refractivity contribution is 5.52. The van der Waals surface area contributed by atoms with Crippen molar-refractivity contribution in [3.05, 3.63) is 29.3 Å². The summed E-state index contributed by atoms with van der Waals surface area (Å²) >= 11 is 0. The van der Waals surface area contributed by atoms with Gasteiger partial charge in [-0.05, 0) is 23.1 Å². The number of rotatable bonds is 1. The second-order valence-corrected chi connectivity index (χ2v) is 5.12. The second kappa shape index (κ2) is 4.10. The van der Waals surface area contributed by atoms with Crippen molar-refractivity contribution in [2.75, 3.05) is 5.73 Å². The lowest BCUT2D eigenvalue weighted by Gasteiger charge is -2.25. The van der Waals surface area contributed by atoms with Crippen LogP contribution >= 0.6 is 0 Å². The fourth-order valence-electron chi connectivity index (χ4n) is 1.56. The first-order valence-corrected chi connectivity index (χ1v) is 5.22. The summed E-state index contributed by atoms with van der Waals surface area (Å²) in [5.41, 5.74) is 4.37. The summed E-state index contributed by atoms with van der Waals surface area (Å²) in [5.74, 6) is -4.87. The molecule has 0 aromatic heterocycles. The maximum absolute atomic E-state index is 13.2. The van der Waals surface area contributed by atoms with E-state index in [9.17, 15) is 22.0 Å². The van der Waals surface area contributed by atoms with Crippen LogP contribution in [-0.4, -0.2) is 6.18 Å². The van der Waals surface area contributed by atoms with E-state index in [-0.39, 0.29) is 11.3 Å². The Bertz CT molecular complexity index is 443. The molecule has 1 nitrogen and oxygen atoms in total. The van der Waals surface area contributed by atoms with Crippen LogP contribution in [0.15, 0.2) is 18.2 Å². The molecule has 0 aliphatic heterocycles. The van der Waals surface area contributed by atoms with Crippen LogP contribution in [-0.2, 0) is 11.3 Å². The first-order chi connectivity index (χ1) is 7.87. The highest BCUT2D eigenvalue weighted by atomic mass is 19.4. The Kier molecular flexibility index (Phi) is 3.36. The Balaban J connectivity index is 3.38. The van der Waals surface area contributed by atoms with Crippen molar-refractivity contribution in [3.8, 4) is 0 Å². The number of nitrogens with two attached hydrogens (primary N) is 1. The third kappa shape index (κ3) is 2.57. The van der Waals surface area contributed by atoms with Gasteiger partial charge in [-0.2, -0.15) is 22.0 Å². The quantitative estimate of drug-likeness (QED) is 0.598. The fraction of sp³-hybridized carbons (Fsp3) is 0.500. The summed E-state index contributed by atoms with van der Waals surface area (Å²) in [5, 5.41) is 0. The molecule has 1 aromatic rings. The van der Waals surface area contributed by atoms with Gasteiger partial charge in [0.25, 0.3) is 0 Å². The minimum atomic E-state index is -5.61. The number of halogens is 5. The first-order valence-electron chi connectivity index (χ1n) is 5.22. The lowest BCUT2D eigenvalue weighted by atomic mass is 9.84. The second-order valence-electron chi connectivity index (χ2n) is 5.12. The van der Waals surface area contributed by atoms with Crippen molar-refractivity contribution < 1.29 is 22.0 Å². The molecule has 0 bridgehead atoms. The molecule has 0 fully saturated rings. The van der Waals surface area contributed by atoms with Gasteiger partial charge in [-0.25, -0.2) is 0 Å². The predicted octanol–water partition coefficient (Wildman–Crippen LogP) is 4.22. The molecule has 6 heteroatoms. The van der Waals surface area contributed by atoms with E-state index >= 15 is 0 Å². The van der Waals surface area contributed by atoms with Gasteiger partial charge in [0.1, 0.15) is 0 Å². The van der Waals surface area contributed by atoms with Gasteiger partial charge in [-0.15, -0.1) is 0 Å². The monoisotopic (exact) mass is 267 g/mol. The van der Waals surface area contributed by atoms with E-state index < -0.39 is 23.1 Å². The van der Waals surface area contributed by atoms with Gasteiger partial charge in [0, 0.05) is 11.3 Å². The highest BCUT2D eigenvalue weighted by Gasteiger charge is 2.58. The minimum Gasteiger partial charge on any atom is -0.398 e. The van der Waals surface area contributed by atoms with Crippen LogP contribution in [0.4, 0.5) is 27.6 Å². The van der Waals surface area contributed by atoms with Crippen LogP contribution in [0, 0.1) is 0 Å². The van der Waals surface area contributed by atoms with Gasteiger partial charge in [0.05, 0.1) is 0 Å². The largest absolute Gasteiger partial charge is 0.458 e. The van der Waals surface area contributed by atoms with Crippen LogP contribution < -0.4 is 5.73 Å². The standard InChI is InChI=1S/C12H14F5N/c1-10(2,3)8-6-7(4-5-9(8)18)11(13,14)12(15,16)17/h4-6H,18H2,1-3H3. The number of anilines is 1. The van der Waals surface area contributed by atoms with Crippen LogP contribution in [0.2, 0.25) is 0 Å². The first kappa shape index (κ1) is 14.7. The molecule has 0 unspecified atom stereocenters. The summed E-state index contributed by atoms with van der Waals surface area (Å²) in [7, 11) is 0. The van der Waals surface area contributed by atoms with Crippen molar-refractivity contribution in [3.63, 3.8) is 0 Å². The normalized spacial score (nSPS) is 13.8. The Morgan fingerprint density at radius 1 is 0.944 bits per heavy atom. The molecule has 0 aliphatic carbocycles. The summed E-state index contributed by atoms with van der Waals surface area (Å²) in [4.78, 5) is 0. The summed E-state index contributed by atoms with van der Waals surface area (Å²) < 4.78 is 63.2. The number of benzene rings is 1. The highest BCUT2D eigenvalue weighted by Crippen LogP contribution is 2.45. The molecule has 0 amide bonds. The van der Waals surface area contributed by atoms with E-state index in [0.717, 1.165) is 12.1 Å². The molecule has 102 valence electrons. The maximum atomic E-state index is 13.2. The SMILES string of the molecule is CC(C)(C)c1cc(C(F)(F)C(F)(F)F)ccc1N. The third-order valence-corrected chi connectivity index (χ3v) is 2.58. The number of hydrogen-bond donors (Lipinski definition) is 1. The maximum Gasteiger partial charge on any atom is 0.458 e. The molecule has 0 heterocycles. The zero-order valence-corrected chi connectivity index (χ0v) is 10.2. The van der Waals surface area contributed by atoms with Gasteiger partial charge < -0.3 is 5.73 Å². The van der Waals surface area contributed by atoms with Gasteiger partial charge in [-0.1, -0.05) is 26.8 Å². The average Bonchev–Trinajstić information content (AvgIpc) is 2.14. The van der Waals surface area contributed by atoms with E-state index in [1.165, 1.54) is 0 Å². The van der Waals surface area contributed by atoms with Gasteiger partial charge >= 0.3 is 12.1 Å². The minimum absolute atomic E-state index is 0.198. The molecule has 1 rings (SSSR count). The number of nitrogen functional groups attached to an aromatic ring is 1. The number of hydrogen-bond acceptors (Lipinski definition) is 1. The Labute approximate surface area is 102 Å². The molecular weight excluding hydrogens is 253 g/mol. The molecule has 18 heavy (non-hydrogen) atoms. The molecule has 0 saturated heterocycles. The van der Waals surface area contributed by atoms with E-state index in [2.05, 4.69) is 0 Å². The lowest BCUT2D eigenvalue weighted by molar-refractivity contribution is -0.289. The van der Waals surface area contributed by atoms with E-state index in [4.69, 9.17) is 5.73 Å². The summed E-state index contributed by atoms with van der Waals surface area (Å²) in [6.45, 7) is 5.07. The van der Waals surface area contributed by atoms with Crippen LogP contribution in [0.3, 0.4) is 0 Å². The molecule has 1 aromatic carbocycles. The van der Waals surface area contributed by atoms with E-state index in [0.29, 0.717) is 6.07 Å². The van der Waals surface area contributed by atoms with Crippen LogP contribution in [0.25, 0.3) is 0 Å². The molecule has 0 atom stereocenters. The molecule has 0 spiro atoms. The predicted molar refractivity (Wildman–Crippen MR) is 59.5 cm³/mol. The summed E-state index contributed by atoms with van der Waals surface area (Å²) in [6.07, 6.45) is -5.61.